The van der Waals surface area contributed by atoms with Crippen molar-refractivity contribution in [1.29, 1.82) is 0 Å². The molecule has 1 fully saturated rings. The van der Waals surface area contributed by atoms with Crippen LogP contribution in [-0.2, 0) is 33.3 Å². The fourth-order valence-electron chi connectivity index (χ4n) is 2.38. The van der Waals surface area contributed by atoms with Gasteiger partial charge in [-0.3, -0.25) is 4.79 Å². The number of carbonyl (C=O) groups is 3. The summed E-state index contributed by atoms with van der Waals surface area (Å²) in [6.07, 6.45) is -2.60. The standard InChI is InChI=1S/C19H24O7/c1-12(2)11-23-18(22)16(13-8-6-5-7-9-13)24-15(20)10-14-17(21)26-19(3,4)25-14/h5-9,12,14,16H,10-11H2,1-4H3/t14-,16-/m0/s1. The lowest BCUT2D eigenvalue weighted by Crippen LogP contribution is -2.28. The molecule has 0 amide bonds. The first-order valence-corrected chi connectivity index (χ1v) is 8.49. The number of esters is 3. The molecule has 1 saturated heterocycles. The van der Waals surface area contributed by atoms with Crippen LogP contribution in [0.25, 0.3) is 0 Å². The van der Waals surface area contributed by atoms with Gasteiger partial charge in [0.25, 0.3) is 0 Å². The molecule has 2 rings (SSSR count). The number of benzene rings is 1. The molecule has 0 radical (unpaired) electrons. The van der Waals surface area contributed by atoms with E-state index < -0.39 is 35.9 Å². The van der Waals surface area contributed by atoms with Gasteiger partial charge >= 0.3 is 17.9 Å². The average molecular weight is 364 g/mol. The fourth-order valence-corrected chi connectivity index (χ4v) is 2.38. The first-order chi connectivity index (χ1) is 12.2. The molecule has 0 spiro atoms. The molecule has 0 unspecified atom stereocenters. The van der Waals surface area contributed by atoms with Crippen molar-refractivity contribution in [2.45, 2.75) is 52.1 Å². The first-order valence-electron chi connectivity index (χ1n) is 8.49. The quantitative estimate of drug-likeness (QED) is 0.542. The van der Waals surface area contributed by atoms with E-state index in [9.17, 15) is 14.4 Å². The summed E-state index contributed by atoms with van der Waals surface area (Å²) >= 11 is 0. The molecule has 26 heavy (non-hydrogen) atoms. The van der Waals surface area contributed by atoms with Gasteiger partial charge in [-0.2, -0.15) is 0 Å². The van der Waals surface area contributed by atoms with E-state index in [0.717, 1.165) is 0 Å². The van der Waals surface area contributed by atoms with Gasteiger partial charge < -0.3 is 18.9 Å². The van der Waals surface area contributed by atoms with Crippen LogP contribution < -0.4 is 0 Å². The molecule has 7 heteroatoms. The Labute approximate surface area is 152 Å². The van der Waals surface area contributed by atoms with Crippen LogP contribution in [0.1, 0.15) is 45.8 Å². The van der Waals surface area contributed by atoms with Crippen LogP contribution >= 0.6 is 0 Å². The first kappa shape index (κ1) is 19.9. The van der Waals surface area contributed by atoms with Gasteiger partial charge in [0.2, 0.25) is 11.9 Å². The molecule has 7 nitrogen and oxygen atoms in total. The van der Waals surface area contributed by atoms with Crippen LogP contribution in [0.2, 0.25) is 0 Å². The molecular formula is C19H24O7. The smallest absolute Gasteiger partial charge is 0.352 e. The highest BCUT2D eigenvalue weighted by molar-refractivity contribution is 5.85. The zero-order valence-corrected chi connectivity index (χ0v) is 15.4. The van der Waals surface area contributed by atoms with E-state index >= 15 is 0 Å². The van der Waals surface area contributed by atoms with E-state index in [1.54, 1.807) is 44.2 Å². The summed E-state index contributed by atoms with van der Waals surface area (Å²) in [5.74, 6) is -2.98. The summed E-state index contributed by atoms with van der Waals surface area (Å²) < 4.78 is 20.9. The zero-order chi connectivity index (χ0) is 19.3. The summed E-state index contributed by atoms with van der Waals surface area (Å²) in [6, 6.07) is 8.57. The fraction of sp³-hybridized carbons (Fsp3) is 0.526. The Bertz CT molecular complexity index is 651. The van der Waals surface area contributed by atoms with E-state index in [1.807, 2.05) is 13.8 Å². The third-order valence-corrected chi connectivity index (χ3v) is 3.51. The lowest BCUT2D eigenvalue weighted by Gasteiger charge is -2.19. The number of rotatable bonds is 7. The van der Waals surface area contributed by atoms with E-state index in [-0.39, 0.29) is 18.9 Å². The zero-order valence-electron chi connectivity index (χ0n) is 15.4. The van der Waals surface area contributed by atoms with Crippen LogP contribution in [0, 0.1) is 5.92 Å². The highest BCUT2D eigenvalue weighted by Crippen LogP contribution is 2.27. The molecule has 2 atom stereocenters. The van der Waals surface area contributed by atoms with Gasteiger partial charge in [0.1, 0.15) is 0 Å². The Balaban J connectivity index is 2.05. The summed E-state index contributed by atoms with van der Waals surface area (Å²) in [5, 5.41) is 0. The van der Waals surface area contributed by atoms with Crippen molar-refractivity contribution in [3.8, 4) is 0 Å². The SMILES string of the molecule is CC(C)COC(=O)[C@@H](OC(=O)C[C@@H]1OC(C)(C)OC1=O)c1ccccc1. The minimum absolute atomic E-state index is 0.148. The van der Waals surface area contributed by atoms with Crippen LogP contribution in [-0.4, -0.2) is 36.4 Å². The van der Waals surface area contributed by atoms with E-state index in [1.165, 1.54) is 0 Å². The second kappa shape index (κ2) is 8.31. The Morgan fingerprint density at radius 2 is 1.85 bits per heavy atom. The number of hydrogen-bond donors (Lipinski definition) is 0. The highest BCUT2D eigenvalue weighted by Gasteiger charge is 2.42. The Morgan fingerprint density at radius 1 is 1.19 bits per heavy atom. The molecule has 1 heterocycles. The molecule has 0 bridgehead atoms. The highest BCUT2D eigenvalue weighted by atomic mass is 16.8. The van der Waals surface area contributed by atoms with E-state index in [0.29, 0.717) is 5.56 Å². The van der Waals surface area contributed by atoms with Gasteiger partial charge in [0.05, 0.1) is 13.0 Å². The van der Waals surface area contributed by atoms with Gasteiger partial charge in [-0.1, -0.05) is 44.2 Å². The monoisotopic (exact) mass is 364 g/mol. The van der Waals surface area contributed by atoms with Crippen LogP contribution in [0.15, 0.2) is 30.3 Å². The van der Waals surface area contributed by atoms with Crippen LogP contribution in [0.4, 0.5) is 0 Å². The van der Waals surface area contributed by atoms with Crippen LogP contribution in [0.3, 0.4) is 0 Å². The molecule has 142 valence electrons. The lowest BCUT2D eigenvalue weighted by molar-refractivity contribution is -0.172. The van der Waals surface area contributed by atoms with Crippen molar-refractivity contribution in [2.75, 3.05) is 6.61 Å². The van der Waals surface area contributed by atoms with Crippen molar-refractivity contribution in [1.82, 2.24) is 0 Å². The summed E-state index contributed by atoms with van der Waals surface area (Å²) in [6.45, 7) is 7.17. The summed E-state index contributed by atoms with van der Waals surface area (Å²) in [4.78, 5) is 36.4. The molecular weight excluding hydrogens is 340 g/mol. The van der Waals surface area contributed by atoms with Crippen LogP contribution in [0.5, 0.6) is 0 Å². The molecule has 1 aliphatic heterocycles. The maximum absolute atomic E-state index is 12.4. The average Bonchev–Trinajstić information content (AvgIpc) is 2.82. The Kier molecular flexibility index (Phi) is 6.37. The third kappa shape index (κ3) is 5.56. The van der Waals surface area contributed by atoms with Crippen molar-refractivity contribution in [3.05, 3.63) is 35.9 Å². The summed E-state index contributed by atoms with van der Waals surface area (Å²) in [7, 11) is 0. The second-order valence-electron chi connectivity index (χ2n) is 6.94. The third-order valence-electron chi connectivity index (χ3n) is 3.51. The molecule has 1 aliphatic rings. The van der Waals surface area contributed by atoms with Crippen molar-refractivity contribution < 1.29 is 33.3 Å². The maximum Gasteiger partial charge on any atom is 0.352 e. The van der Waals surface area contributed by atoms with E-state index in [4.69, 9.17) is 18.9 Å². The molecule has 0 N–H and O–H groups in total. The lowest BCUT2D eigenvalue weighted by atomic mass is 10.1. The predicted molar refractivity (Wildman–Crippen MR) is 90.7 cm³/mol. The number of carbonyl (C=O) groups excluding carboxylic acids is 3. The molecule has 0 aliphatic carbocycles. The largest absolute Gasteiger partial charge is 0.462 e. The molecule has 1 aromatic rings. The van der Waals surface area contributed by atoms with Gasteiger partial charge in [-0.15, -0.1) is 0 Å². The topological polar surface area (TPSA) is 88.1 Å². The van der Waals surface area contributed by atoms with E-state index in [2.05, 4.69) is 0 Å². The number of cyclic esters (lactones) is 1. The van der Waals surface area contributed by atoms with Crippen molar-refractivity contribution in [2.24, 2.45) is 5.92 Å². The Hall–Kier alpha value is -2.41. The van der Waals surface area contributed by atoms with Gasteiger partial charge in [0.15, 0.2) is 6.10 Å². The van der Waals surface area contributed by atoms with Gasteiger partial charge in [-0.25, -0.2) is 9.59 Å². The number of ether oxygens (including phenoxy) is 4. The van der Waals surface area contributed by atoms with Crippen molar-refractivity contribution in [3.63, 3.8) is 0 Å². The second-order valence-corrected chi connectivity index (χ2v) is 6.94. The molecule has 1 aromatic carbocycles. The summed E-state index contributed by atoms with van der Waals surface area (Å²) in [5.41, 5.74) is 0.491. The Morgan fingerprint density at radius 3 is 2.38 bits per heavy atom. The van der Waals surface area contributed by atoms with Gasteiger partial charge in [-0.05, 0) is 5.92 Å². The number of hydrogen-bond acceptors (Lipinski definition) is 7. The van der Waals surface area contributed by atoms with Crippen molar-refractivity contribution >= 4 is 17.9 Å². The normalized spacial score (nSPS) is 19.7. The predicted octanol–water partition coefficient (Wildman–Crippen LogP) is 2.54. The van der Waals surface area contributed by atoms with Gasteiger partial charge in [0, 0.05) is 19.4 Å². The molecule has 0 saturated carbocycles. The minimum atomic E-state index is -1.20. The molecule has 0 aromatic heterocycles. The maximum atomic E-state index is 12.4. The minimum Gasteiger partial charge on any atom is -0.462 e.